The highest BCUT2D eigenvalue weighted by atomic mass is 16.4. The molecule has 2 aromatic carbocycles. The molecule has 104 valence electrons. The van der Waals surface area contributed by atoms with E-state index >= 15 is 0 Å². The fourth-order valence-corrected chi connectivity index (χ4v) is 2.27. The molecule has 0 saturated heterocycles. The van der Waals surface area contributed by atoms with Crippen LogP contribution in [-0.2, 0) is 0 Å². The Labute approximate surface area is 122 Å². The number of rotatable bonds is 3. The van der Waals surface area contributed by atoms with E-state index in [-0.39, 0.29) is 5.56 Å². The minimum atomic E-state index is -0.961. The van der Waals surface area contributed by atoms with Crippen molar-refractivity contribution in [1.29, 1.82) is 0 Å². The molecule has 21 heavy (non-hydrogen) atoms. The summed E-state index contributed by atoms with van der Waals surface area (Å²) in [6.07, 6.45) is 0. The zero-order chi connectivity index (χ0) is 14.8. The highest BCUT2D eigenvalue weighted by Crippen LogP contribution is 2.22. The summed E-state index contributed by atoms with van der Waals surface area (Å²) in [5.41, 5.74) is 1.64. The van der Waals surface area contributed by atoms with Crippen LogP contribution in [0.1, 0.15) is 16.1 Å². The molecule has 3 rings (SSSR count). The fourth-order valence-electron chi connectivity index (χ4n) is 2.27. The van der Waals surface area contributed by atoms with Crippen molar-refractivity contribution in [3.63, 3.8) is 0 Å². The average molecular weight is 278 g/mol. The van der Waals surface area contributed by atoms with Gasteiger partial charge in [-0.1, -0.05) is 30.3 Å². The summed E-state index contributed by atoms with van der Waals surface area (Å²) in [5.74, 6) is -0.329. The van der Waals surface area contributed by atoms with Gasteiger partial charge >= 0.3 is 5.97 Å². The molecule has 4 nitrogen and oxygen atoms in total. The summed E-state index contributed by atoms with van der Waals surface area (Å²) in [5, 5.41) is 14.5. The Hall–Kier alpha value is -2.88. The van der Waals surface area contributed by atoms with E-state index in [1.807, 2.05) is 36.4 Å². The van der Waals surface area contributed by atoms with Crippen molar-refractivity contribution in [1.82, 2.24) is 4.98 Å². The van der Waals surface area contributed by atoms with Gasteiger partial charge in [0.15, 0.2) is 0 Å². The van der Waals surface area contributed by atoms with E-state index in [2.05, 4.69) is 16.4 Å². The smallest absolute Gasteiger partial charge is 0.337 e. The number of carboxylic acid groups (broad SMARTS) is 1. The number of carboxylic acids is 1. The van der Waals surface area contributed by atoms with E-state index in [0.29, 0.717) is 11.5 Å². The van der Waals surface area contributed by atoms with Crippen LogP contribution in [0, 0.1) is 6.92 Å². The number of aryl methyl sites for hydroxylation is 1. The number of nitrogens with zero attached hydrogens (tertiary/aromatic N) is 1. The van der Waals surface area contributed by atoms with Gasteiger partial charge in [0.05, 0.1) is 11.3 Å². The third kappa shape index (κ3) is 2.69. The molecule has 0 radical (unpaired) electrons. The third-order valence-corrected chi connectivity index (χ3v) is 3.34. The Bertz CT molecular complexity index is 828. The van der Waals surface area contributed by atoms with Gasteiger partial charge in [-0.15, -0.1) is 0 Å². The van der Waals surface area contributed by atoms with Gasteiger partial charge in [0, 0.05) is 5.69 Å². The second kappa shape index (κ2) is 5.25. The quantitative estimate of drug-likeness (QED) is 0.760. The molecular weight excluding hydrogens is 264 g/mol. The maximum Gasteiger partial charge on any atom is 0.337 e. The van der Waals surface area contributed by atoms with Crippen LogP contribution in [0.2, 0.25) is 0 Å². The number of hydrogen-bond acceptors (Lipinski definition) is 3. The maximum atomic E-state index is 11.0. The third-order valence-electron chi connectivity index (χ3n) is 3.34. The number of nitrogens with one attached hydrogen (secondary N) is 1. The normalized spacial score (nSPS) is 10.5. The lowest BCUT2D eigenvalue weighted by atomic mass is 10.1. The Kier molecular flexibility index (Phi) is 3.28. The number of aromatic carboxylic acids is 1. The SMILES string of the molecule is Cc1nc(Nc2ccc3ccccc3c2)ccc1C(=O)O. The predicted octanol–water partition coefficient (Wildman–Crippen LogP) is 3.99. The molecule has 4 heteroatoms. The minimum Gasteiger partial charge on any atom is -0.478 e. The van der Waals surface area contributed by atoms with Gasteiger partial charge < -0.3 is 10.4 Å². The molecule has 0 aliphatic carbocycles. The fraction of sp³-hybridized carbons (Fsp3) is 0.0588. The number of carbonyl (C=O) groups is 1. The van der Waals surface area contributed by atoms with E-state index in [9.17, 15) is 4.79 Å². The highest BCUT2D eigenvalue weighted by molar-refractivity contribution is 5.89. The van der Waals surface area contributed by atoms with Crippen LogP contribution < -0.4 is 5.32 Å². The monoisotopic (exact) mass is 278 g/mol. The first kappa shape index (κ1) is 13.1. The maximum absolute atomic E-state index is 11.0. The lowest BCUT2D eigenvalue weighted by molar-refractivity contribution is 0.0695. The van der Waals surface area contributed by atoms with Gasteiger partial charge in [0.25, 0.3) is 0 Å². The number of benzene rings is 2. The molecule has 0 aliphatic rings. The first-order chi connectivity index (χ1) is 10.1. The van der Waals surface area contributed by atoms with Gasteiger partial charge in [-0.2, -0.15) is 0 Å². The van der Waals surface area contributed by atoms with E-state index in [1.165, 1.54) is 5.39 Å². The molecule has 2 N–H and O–H groups in total. The van der Waals surface area contributed by atoms with Crippen LogP contribution in [0.5, 0.6) is 0 Å². The topological polar surface area (TPSA) is 62.2 Å². The first-order valence-corrected chi connectivity index (χ1v) is 6.60. The van der Waals surface area contributed by atoms with Gasteiger partial charge in [0.1, 0.15) is 5.82 Å². The summed E-state index contributed by atoms with van der Waals surface area (Å²) < 4.78 is 0. The summed E-state index contributed by atoms with van der Waals surface area (Å²) in [6, 6.07) is 17.4. The Morgan fingerprint density at radius 1 is 1.05 bits per heavy atom. The number of anilines is 2. The van der Waals surface area contributed by atoms with Crippen molar-refractivity contribution in [2.45, 2.75) is 6.92 Å². The molecule has 0 unspecified atom stereocenters. The van der Waals surface area contributed by atoms with Crippen LogP contribution in [-0.4, -0.2) is 16.1 Å². The molecular formula is C17H14N2O2. The molecule has 0 spiro atoms. The first-order valence-electron chi connectivity index (χ1n) is 6.60. The molecule has 0 fully saturated rings. The summed E-state index contributed by atoms with van der Waals surface area (Å²) in [6.45, 7) is 1.69. The van der Waals surface area contributed by atoms with Gasteiger partial charge in [0.2, 0.25) is 0 Å². The van der Waals surface area contributed by atoms with E-state index in [4.69, 9.17) is 5.11 Å². The van der Waals surface area contributed by atoms with E-state index < -0.39 is 5.97 Å². The van der Waals surface area contributed by atoms with Crippen molar-refractivity contribution >= 4 is 28.2 Å². The second-order valence-electron chi connectivity index (χ2n) is 4.82. The molecule has 1 heterocycles. The zero-order valence-electron chi connectivity index (χ0n) is 11.5. The second-order valence-corrected chi connectivity index (χ2v) is 4.82. The lowest BCUT2D eigenvalue weighted by Crippen LogP contribution is -2.03. The standard InChI is InChI=1S/C17H14N2O2/c1-11-15(17(20)21)8-9-16(18-11)19-14-7-6-12-4-2-3-5-13(12)10-14/h2-10H,1H3,(H,18,19)(H,20,21). The van der Waals surface area contributed by atoms with Crippen molar-refractivity contribution in [2.75, 3.05) is 5.32 Å². The van der Waals surface area contributed by atoms with Crippen molar-refractivity contribution in [2.24, 2.45) is 0 Å². The van der Waals surface area contributed by atoms with E-state index in [1.54, 1.807) is 19.1 Å². The van der Waals surface area contributed by atoms with Gasteiger partial charge in [-0.05, 0) is 42.0 Å². The van der Waals surface area contributed by atoms with Crippen molar-refractivity contribution in [3.05, 3.63) is 65.9 Å². The van der Waals surface area contributed by atoms with Crippen LogP contribution in [0.25, 0.3) is 10.8 Å². The molecule has 0 bridgehead atoms. The Morgan fingerprint density at radius 2 is 1.81 bits per heavy atom. The van der Waals surface area contributed by atoms with Crippen LogP contribution >= 0.6 is 0 Å². The molecule has 1 aromatic heterocycles. The minimum absolute atomic E-state index is 0.221. The zero-order valence-corrected chi connectivity index (χ0v) is 11.5. The number of hydrogen-bond donors (Lipinski definition) is 2. The van der Waals surface area contributed by atoms with E-state index in [0.717, 1.165) is 11.1 Å². The average Bonchev–Trinajstić information content (AvgIpc) is 2.47. The lowest BCUT2D eigenvalue weighted by Gasteiger charge is -2.09. The van der Waals surface area contributed by atoms with Gasteiger partial charge in [-0.3, -0.25) is 0 Å². The summed E-state index contributed by atoms with van der Waals surface area (Å²) in [7, 11) is 0. The summed E-state index contributed by atoms with van der Waals surface area (Å²) in [4.78, 5) is 15.3. The van der Waals surface area contributed by atoms with Crippen LogP contribution in [0.15, 0.2) is 54.6 Å². The van der Waals surface area contributed by atoms with Gasteiger partial charge in [-0.25, -0.2) is 9.78 Å². The molecule has 0 saturated carbocycles. The molecule has 3 aromatic rings. The Morgan fingerprint density at radius 3 is 2.52 bits per heavy atom. The number of fused-ring (bicyclic) bond motifs is 1. The van der Waals surface area contributed by atoms with Crippen LogP contribution in [0.3, 0.4) is 0 Å². The largest absolute Gasteiger partial charge is 0.478 e. The van der Waals surface area contributed by atoms with Crippen LogP contribution in [0.4, 0.5) is 11.5 Å². The summed E-state index contributed by atoms with van der Waals surface area (Å²) >= 11 is 0. The van der Waals surface area contributed by atoms with Crippen molar-refractivity contribution in [3.8, 4) is 0 Å². The number of pyridine rings is 1. The predicted molar refractivity (Wildman–Crippen MR) is 83.2 cm³/mol. The molecule has 0 atom stereocenters. The Balaban J connectivity index is 1.91. The highest BCUT2D eigenvalue weighted by Gasteiger charge is 2.08. The van der Waals surface area contributed by atoms with Crippen molar-refractivity contribution < 1.29 is 9.90 Å². The molecule has 0 aliphatic heterocycles. The molecule has 0 amide bonds. The number of aromatic nitrogens is 1.